The smallest absolute Gasteiger partial charge is 0.296 e. The number of nitrogens with zero attached hydrogens (tertiary/aromatic N) is 2. The van der Waals surface area contributed by atoms with Gasteiger partial charge in [0.25, 0.3) is 11.5 Å². The number of hydrogen-bond acceptors (Lipinski definition) is 6. The highest BCUT2D eigenvalue weighted by Crippen LogP contribution is 2.25. The van der Waals surface area contributed by atoms with Crippen molar-refractivity contribution in [3.63, 3.8) is 0 Å². The van der Waals surface area contributed by atoms with Crippen molar-refractivity contribution in [2.45, 2.75) is 25.6 Å². The van der Waals surface area contributed by atoms with Crippen molar-refractivity contribution in [3.05, 3.63) is 57.5 Å². The Kier molecular flexibility index (Phi) is 6.12. The molecular weight excluding hydrogens is 373 g/mol. The van der Waals surface area contributed by atoms with Gasteiger partial charge in [-0.1, -0.05) is 12.1 Å². The van der Waals surface area contributed by atoms with Crippen LogP contribution in [-0.4, -0.2) is 39.2 Å². The number of aromatic nitrogens is 2. The second-order valence-corrected chi connectivity index (χ2v) is 7.06. The third-order valence-corrected chi connectivity index (χ3v) is 4.91. The molecule has 0 bridgehead atoms. The highest BCUT2D eigenvalue weighted by molar-refractivity contribution is 7.98. The maximum atomic E-state index is 13.0. The first-order chi connectivity index (χ1) is 13.0. The number of ether oxygens (including phenoxy) is 1. The van der Waals surface area contributed by atoms with E-state index in [0.717, 1.165) is 5.75 Å². The van der Waals surface area contributed by atoms with Crippen LogP contribution >= 0.6 is 11.8 Å². The van der Waals surface area contributed by atoms with Crippen LogP contribution in [0.4, 0.5) is 4.39 Å². The van der Waals surface area contributed by atoms with Crippen LogP contribution in [0, 0.1) is 5.82 Å². The summed E-state index contributed by atoms with van der Waals surface area (Å²) in [6, 6.07) is 5.65. The van der Waals surface area contributed by atoms with Gasteiger partial charge in [0.05, 0.1) is 13.2 Å². The average Bonchev–Trinajstić information content (AvgIpc) is 2.68. The van der Waals surface area contributed by atoms with Gasteiger partial charge in [-0.05, 0) is 36.1 Å². The molecule has 0 spiro atoms. The Morgan fingerprint density at radius 3 is 2.89 bits per heavy atom. The summed E-state index contributed by atoms with van der Waals surface area (Å²) in [5.74, 6) is -0.561. The number of carbonyl (C=O) groups is 1. The molecule has 1 aliphatic rings. The van der Waals surface area contributed by atoms with Crippen molar-refractivity contribution in [2.75, 3.05) is 18.6 Å². The zero-order valence-corrected chi connectivity index (χ0v) is 15.6. The Morgan fingerprint density at radius 2 is 2.19 bits per heavy atom. The van der Waals surface area contributed by atoms with E-state index in [9.17, 15) is 19.1 Å². The van der Waals surface area contributed by atoms with E-state index in [0.29, 0.717) is 24.4 Å². The molecule has 3 rings (SSSR count). The summed E-state index contributed by atoms with van der Waals surface area (Å²) in [6.45, 7) is 0.746. The second-order valence-electron chi connectivity index (χ2n) is 6.07. The van der Waals surface area contributed by atoms with Crippen LogP contribution in [0.1, 0.15) is 34.4 Å². The van der Waals surface area contributed by atoms with Gasteiger partial charge in [0, 0.05) is 6.54 Å². The van der Waals surface area contributed by atoms with Crippen LogP contribution < -0.4 is 10.9 Å². The van der Waals surface area contributed by atoms with Gasteiger partial charge in [0.2, 0.25) is 5.75 Å². The first kappa shape index (κ1) is 19.4. The molecule has 144 valence electrons. The van der Waals surface area contributed by atoms with E-state index in [1.54, 1.807) is 11.8 Å². The topological polar surface area (TPSA) is 93.5 Å². The largest absolute Gasteiger partial charge is 0.501 e. The fraction of sp³-hybridized carbons (Fsp3) is 0.389. The van der Waals surface area contributed by atoms with E-state index in [1.807, 2.05) is 6.26 Å². The van der Waals surface area contributed by atoms with E-state index in [2.05, 4.69) is 10.3 Å². The summed E-state index contributed by atoms with van der Waals surface area (Å²) in [6.07, 6.45) is 2.21. The molecular formula is C18H20FN3O4S. The van der Waals surface area contributed by atoms with E-state index in [1.165, 1.54) is 28.8 Å². The number of aromatic hydroxyl groups is 1. The molecule has 1 aromatic carbocycles. The normalized spacial score (nSPS) is 16.0. The monoisotopic (exact) mass is 393 g/mol. The van der Waals surface area contributed by atoms with E-state index in [4.69, 9.17) is 4.74 Å². The predicted molar refractivity (Wildman–Crippen MR) is 99.4 cm³/mol. The third kappa shape index (κ3) is 4.30. The molecule has 0 aliphatic carbocycles. The molecule has 27 heavy (non-hydrogen) atoms. The fourth-order valence-electron chi connectivity index (χ4n) is 2.85. The molecule has 2 N–H and O–H groups in total. The minimum absolute atomic E-state index is 0.116. The Balaban J connectivity index is 1.84. The SMILES string of the molecule is CSCCC1OCCn2c1nc(C(=O)NCc1ccc(F)cc1)c(O)c2=O. The Hall–Kier alpha value is -2.39. The van der Waals surface area contributed by atoms with Crippen molar-refractivity contribution in [2.24, 2.45) is 0 Å². The Labute approximate surface area is 159 Å². The summed E-state index contributed by atoms with van der Waals surface area (Å²) in [5.41, 5.74) is -0.294. The number of thioether (sulfide) groups is 1. The first-order valence-electron chi connectivity index (χ1n) is 8.48. The van der Waals surface area contributed by atoms with Gasteiger partial charge in [-0.2, -0.15) is 11.8 Å². The summed E-state index contributed by atoms with van der Waals surface area (Å²) < 4.78 is 20.0. The maximum Gasteiger partial charge on any atom is 0.296 e. The quantitative estimate of drug-likeness (QED) is 0.778. The summed E-state index contributed by atoms with van der Waals surface area (Å²) >= 11 is 1.64. The first-order valence-corrected chi connectivity index (χ1v) is 9.87. The van der Waals surface area contributed by atoms with Gasteiger partial charge in [0.1, 0.15) is 17.7 Å². The zero-order valence-electron chi connectivity index (χ0n) is 14.8. The minimum atomic E-state index is -0.680. The van der Waals surface area contributed by atoms with Crippen molar-refractivity contribution >= 4 is 17.7 Å². The van der Waals surface area contributed by atoms with Gasteiger partial charge < -0.3 is 15.2 Å². The number of rotatable bonds is 6. The molecule has 1 amide bonds. The second kappa shape index (κ2) is 8.53. The minimum Gasteiger partial charge on any atom is -0.501 e. The van der Waals surface area contributed by atoms with Crippen molar-refractivity contribution < 1.29 is 19.0 Å². The predicted octanol–water partition coefficient (Wildman–Crippen LogP) is 1.84. The number of carbonyl (C=O) groups excluding carboxylic acids is 1. The van der Waals surface area contributed by atoms with Gasteiger partial charge in [-0.25, -0.2) is 9.37 Å². The number of fused-ring (bicyclic) bond motifs is 1. The molecule has 0 saturated carbocycles. The highest BCUT2D eigenvalue weighted by atomic mass is 32.2. The molecule has 0 radical (unpaired) electrons. The van der Waals surface area contributed by atoms with Crippen LogP contribution in [0.25, 0.3) is 0 Å². The number of benzene rings is 1. The van der Waals surface area contributed by atoms with Gasteiger partial charge in [-0.3, -0.25) is 14.2 Å². The van der Waals surface area contributed by atoms with Crippen LogP contribution in [0.15, 0.2) is 29.1 Å². The van der Waals surface area contributed by atoms with Crippen molar-refractivity contribution in [1.29, 1.82) is 0 Å². The molecule has 2 aromatic rings. The standard InChI is InChI=1S/C18H20FN3O4S/c1-27-9-6-13-16-21-14(15(23)18(25)22(16)7-8-26-13)17(24)20-10-11-2-4-12(19)5-3-11/h2-5,13,23H,6-10H2,1H3,(H,20,24). The zero-order chi connectivity index (χ0) is 19.4. The van der Waals surface area contributed by atoms with Crippen LogP contribution in [0.3, 0.4) is 0 Å². The average molecular weight is 393 g/mol. The maximum absolute atomic E-state index is 13.0. The summed E-state index contributed by atoms with van der Waals surface area (Å²) in [7, 11) is 0. The Bertz CT molecular complexity index is 885. The molecule has 1 aliphatic heterocycles. The summed E-state index contributed by atoms with van der Waals surface area (Å²) in [4.78, 5) is 29.2. The van der Waals surface area contributed by atoms with Crippen molar-refractivity contribution in [3.8, 4) is 5.75 Å². The van der Waals surface area contributed by atoms with Crippen LogP contribution in [-0.2, 0) is 17.8 Å². The third-order valence-electron chi connectivity index (χ3n) is 4.26. The van der Waals surface area contributed by atoms with E-state index >= 15 is 0 Å². The molecule has 0 fully saturated rings. The molecule has 9 heteroatoms. The lowest BCUT2D eigenvalue weighted by atomic mass is 10.2. The molecule has 1 atom stereocenters. The number of hydrogen-bond donors (Lipinski definition) is 2. The van der Waals surface area contributed by atoms with Crippen LogP contribution in [0.5, 0.6) is 5.75 Å². The number of amides is 1. The highest BCUT2D eigenvalue weighted by Gasteiger charge is 2.28. The van der Waals surface area contributed by atoms with Gasteiger partial charge in [0.15, 0.2) is 5.69 Å². The molecule has 7 nitrogen and oxygen atoms in total. The number of nitrogens with one attached hydrogen (secondary N) is 1. The summed E-state index contributed by atoms with van der Waals surface area (Å²) in [5, 5.41) is 12.8. The lowest BCUT2D eigenvalue weighted by Crippen LogP contribution is -2.36. The van der Waals surface area contributed by atoms with E-state index in [-0.39, 0.29) is 24.6 Å². The lowest BCUT2D eigenvalue weighted by molar-refractivity contribution is 0.0121. The molecule has 0 saturated heterocycles. The van der Waals surface area contributed by atoms with Crippen LogP contribution in [0.2, 0.25) is 0 Å². The van der Waals surface area contributed by atoms with Gasteiger partial charge in [-0.15, -0.1) is 0 Å². The van der Waals surface area contributed by atoms with Crippen molar-refractivity contribution in [1.82, 2.24) is 14.9 Å². The van der Waals surface area contributed by atoms with Gasteiger partial charge >= 0.3 is 0 Å². The molecule has 1 aromatic heterocycles. The molecule has 1 unspecified atom stereocenters. The lowest BCUT2D eigenvalue weighted by Gasteiger charge is -2.26. The molecule has 2 heterocycles. The Morgan fingerprint density at radius 1 is 1.44 bits per heavy atom. The van der Waals surface area contributed by atoms with E-state index < -0.39 is 23.3 Å². The fourth-order valence-corrected chi connectivity index (χ4v) is 3.30. The number of halogens is 1.